The van der Waals surface area contributed by atoms with E-state index in [2.05, 4.69) is 88.0 Å². The van der Waals surface area contributed by atoms with Crippen LogP contribution in [0.4, 0.5) is 11.4 Å². The van der Waals surface area contributed by atoms with Crippen molar-refractivity contribution in [2.45, 2.75) is 47.0 Å². The Morgan fingerprint density at radius 2 is 0.880 bits per heavy atom. The smallest absolute Gasteiger partial charge is 0.0423 e. The average molecular weight is 339 g/mol. The Morgan fingerprint density at radius 1 is 0.560 bits per heavy atom. The van der Waals surface area contributed by atoms with Gasteiger partial charge in [0.25, 0.3) is 0 Å². The van der Waals surface area contributed by atoms with Crippen LogP contribution in [0, 0.1) is 27.7 Å². The van der Waals surface area contributed by atoms with Gasteiger partial charge in [0, 0.05) is 38.6 Å². The Hall–Kier alpha value is -1.96. The molecule has 0 saturated heterocycles. The number of hydrogen-bond donors (Lipinski definition) is 0. The molecule has 0 spiro atoms. The van der Waals surface area contributed by atoms with Crippen LogP contribution in [-0.2, 0) is 0 Å². The van der Waals surface area contributed by atoms with Crippen LogP contribution < -0.4 is 9.80 Å². The summed E-state index contributed by atoms with van der Waals surface area (Å²) in [6.45, 7) is 11.1. The average Bonchev–Trinajstić information content (AvgIpc) is 2.54. The van der Waals surface area contributed by atoms with E-state index in [4.69, 9.17) is 0 Å². The molecule has 0 aliphatic carbocycles. The van der Waals surface area contributed by atoms with Crippen LogP contribution in [-0.4, -0.2) is 27.2 Å². The Balaban J connectivity index is 1.78. The zero-order valence-electron chi connectivity index (χ0n) is 16.9. The van der Waals surface area contributed by atoms with Crippen molar-refractivity contribution in [3.05, 3.63) is 58.7 Å². The molecule has 0 aromatic heterocycles. The minimum Gasteiger partial charge on any atom is -0.374 e. The fraction of sp³-hybridized carbons (Fsp3) is 0.478. The highest BCUT2D eigenvalue weighted by atomic mass is 15.1. The summed E-state index contributed by atoms with van der Waals surface area (Å²) in [5.74, 6) is 0. The molecule has 0 fully saturated rings. The second-order valence-electron chi connectivity index (χ2n) is 7.38. The molecular formula is C23H34N2. The van der Waals surface area contributed by atoms with Gasteiger partial charge < -0.3 is 9.80 Å². The summed E-state index contributed by atoms with van der Waals surface area (Å²) in [4.78, 5) is 4.83. The predicted molar refractivity (Wildman–Crippen MR) is 112 cm³/mol. The minimum absolute atomic E-state index is 1.12. The maximum absolute atomic E-state index is 2.42. The Morgan fingerprint density at radius 3 is 1.20 bits per heavy atom. The van der Waals surface area contributed by atoms with E-state index in [1.165, 1.54) is 52.9 Å². The summed E-state index contributed by atoms with van der Waals surface area (Å²) >= 11 is 0. The normalized spacial score (nSPS) is 10.8. The Labute approximate surface area is 154 Å². The van der Waals surface area contributed by atoms with E-state index in [9.17, 15) is 0 Å². The fourth-order valence-corrected chi connectivity index (χ4v) is 3.91. The zero-order valence-corrected chi connectivity index (χ0v) is 16.9. The second-order valence-corrected chi connectivity index (χ2v) is 7.38. The first-order chi connectivity index (χ1) is 11.9. The van der Waals surface area contributed by atoms with Crippen LogP contribution in [0.25, 0.3) is 0 Å². The van der Waals surface area contributed by atoms with Crippen molar-refractivity contribution in [2.75, 3.05) is 37.0 Å². The van der Waals surface area contributed by atoms with E-state index in [0.717, 1.165) is 13.1 Å². The third kappa shape index (κ3) is 5.01. The Kier molecular flexibility index (Phi) is 6.92. The molecule has 0 bridgehead atoms. The molecule has 25 heavy (non-hydrogen) atoms. The van der Waals surface area contributed by atoms with Gasteiger partial charge in [0.15, 0.2) is 0 Å². The number of anilines is 2. The van der Waals surface area contributed by atoms with Crippen LogP contribution in [0.2, 0.25) is 0 Å². The van der Waals surface area contributed by atoms with Crippen LogP contribution in [0.15, 0.2) is 36.4 Å². The molecule has 0 heterocycles. The van der Waals surface area contributed by atoms with E-state index in [0.29, 0.717) is 0 Å². The number of para-hydroxylation sites is 2. The van der Waals surface area contributed by atoms with Gasteiger partial charge in [0.2, 0.25) is 0 Å². The van der Waals surface area contributed by atoms with Crippen LogP contribution >= 0.6 is 0 Å². The molecule has 2 nitrogen and oxygen atoms in total. The minimum atomic E-state index is 1.12. The summed E-state index contributed by atoms with van der Waals surface area (Å²) < 4.78 is 0. The molecule has 2 rings (SSSR count). The summed E-state index contributed by atoms with van der Waals surface area (Å²) in [7, 11) is 4.44. The number of rotatable bonds is 8. The first-order valence-electron chi connectivity index (χ1n) is 9.46. The lowest BCUT2D eigenvalue weighted by Gasteiger charge is -2.25. The number of benzene rings is 2. The molecule has 2 heteroatoms. The summed E-state index contributed by atoms with van der Waals surface area (Å²) in [5.41, 5.74) is 8.29. The third-order valence-electron chi connectivity index (χ3n) is 5.13. The quantitative estimate of drug-likeness (QED) is 0.573. The summed E-state index contributed by atoms with van der Waals surface area (Å²) in [6.07, 6.45) is 3.75. The topological polar surface area (TPSA) is 6.48 Å². The number of nitrogens with zero attached hydrogens (tertiary/aromatic N) is 2. The van der Waals surface area contributed by atoms with Gasteiger partial charge in [-0.3, -0.25) is 0 Å². The highest BCUT2D eigenvalue weighted by Gasteiger charge is 2.09. The molecule has 0 N–H and O–H groups in total. The molecule has 0 atom stereocenters. The lowest BCUT2D eigenvalue weighted by Crippen LogP contribution is -2.22. The largest absolute Gasteiger partial charge is 0.374 e. The van der Waals surface area contributed by atoms with Crippen molar-refractivity contribution < 1.29 is 0 Å². The van der Waals surface area contributed by atoms with Crippen molar-refractivity contribution in [3.63, 3.8) is 0 Å². The lowest BCUT2D eigenvalue weighted by molar-refractivity contribution is 0.664. The van der Waals surface area contributed by atoms with Gasteiger partial charge in [-0.25, -0.2) is 0 Å². The van der Waals surface area contributed by atoms with E-state index < -0.39 is 0 Å². The van der Waals surface area contributed by atoms with E-state index >= 15 is 0 Å². The monoisotopic (exact) mass is 338 g/mol. The van der Waals surface area contributed by atoms with Gasteiger partial charge in [-0.15, -0.1) is 0 Å². The Bertz CT molecular complexity index is 590. The standard InChI is InChI=1S/C23H34N2/c1-18-12-10-13-19(2)22(18)24(5)16-8-7-9-17-25(6)23-20(3)14-11-15-21(23)4/h10-15H,7-9,16-17H2,1-6H3. The molecule has 0 amide bonds. The lowest BCUT2D eigenvalue weighted by atomic mass is 10.1. The summed E-state index contributed by atoms with van der Waals surface area (Å²) in [6, 6.07) is 13.1. The van der Waals surface area contributed by atoms with Gasteiger partial charge in [-0.2, -0.15) is 0 Å². The van der Waals surface area contributed by atoms with Gasteiger partial charge in [0.05, 0.1) is 0 Å². The second kappa shape index (κ2) is 8.94. The van der Waals surface area contributed by atoms with Gasteiger partial charge in [-0.05, 0) is 69.2 Å². The number of unbranched alkanes of at least 4 members (excludes halogenated alkanes) is 2. The van der Waals surface area contributed by atoms with E-state index in [-0.39, 0.29) is 0 Å². The van der Waals surface area contributed by atoms with Crippen LogP contribution in [0.5, 0.6) is 0 Å². The SMILES string of the molecule is Cc1cccc(C)c1N(C)CCCCCN(C)c1c(C)cccc1C. The van der Waals surface area contributed by atoms with Crippen LogP contribution in [0.3, 0.4) is 0 Å². The van der Waals surface area contributed by atoms with Gasteiger partial charge in [-0.1, -0.05) is 36.4 Å². The van der Waals surface area contributed by atoms with Crippen molar-refractivity contribution >= 4 is 11.4 Å². The first kappa shape index (κ1) is 19.4. The first-order valence-corrected chi connectivity index (χ1v) is 9.46. The van der Waals surface area contributed by atoms with E-state index in [1.54, 1.807) is 0 Å². The molecule has 2 aromatic rings. The predicted octanol–water partition coefficient (Wildman–Crippen LogP) is 5.66. The molecule has 0 saturated carbocycles. The van der Waals surface area contributed by atoms with Crippen molar-refractivity contribution in [3.8, 4) is 0 Å². The van der Waals surface area contributed by atoms with E-state index in [1.807, 2.05) is 0 Å². The molecular weight excluding hydrogens is 304 g/mol. The molecule has 0 aliphatic heterocycles. The molecule has 0 radical (unpaired) electrons. The van der Waals surface area contributed by atoms with Crippen LogP contribution in [0.1, 0.15) is 41.5 Å². The third-order valence-corrected chi connectivity index (χ3v) is 5.13. The number of aryl methyl sites for hydroxylation is 4. The molecule has 0 unspecified atom stereocenters. The molecule has 136 valence electrons. The van der Waals surface area contributed by atoms with Crippen molar-refractivity contribution in [1.29, 1.82) is 0 Å². The maximum atomic E-state index is 2.42. The fourth-order valence-electron chi connectivity index (χ4n) is 3.91. The number of hydrogen-bond acceptors (Lipinski definition) is 2. The maximum Gasteiger partial charge on any atom is 0.0423 e. The van der Waals surface area contributed by atoms with Crippen molar-refractivity contribution in [1.82, 2.24) is 0 Å². The van der Waals surface area contributed by atoms with Gasteiger partial charge >= 0.3 is 0 Å². The van der Waals surface area contributed by atoms with Gasteiger partial charge in [0.1, 0.15) is 0 Å². The zero-order chi connectivity index (χ0) is 18.4. The molecule has 2 aromatic carbocycles. The molecule has 0 aliphatic rings. The highest BCUT2D eigenvalue weighted by molar-refractivity contribution is 5.59. The summed E-state index contributed by atoms with van der Waals surface area (Å²) in [5, 5.41) is 0. The highest BCUT2D eigenvalue weighted by Crippen LogP contribution is 2.25. The van der Waals surface area contributed by atoms with Crippen molar-refractivity contribution in [2.24, 2.45) is 0 Å².